The summed E-state index contributed by atoms with van der Waals surface area (Å²) in [5.41, 5.74) is 5.94. The van der Waals surface area contributed by atoms with E-state index in [0.717, 1.165) is 0 Å². The van der Waals surface area contributed by atoms with E-state index in [1.54, 1.807) is 4.90 Å². The zero-order valence-electron chi connectivity index (χ0n) is 11.5. The fourth-order valence-corrected chi connectivity index (χ4v) is 2.81. The van der Waals surface area contributed by atoms with E-state index in [4.69, 9.17) is 15.6 Å². The molecule has 2 unspecified atom stereocenters. The number of allylic oxidation sites excluding steroid dienone is 1. The molecule has 106 valence electrons. The van der Waals surface area contributed by atoms with Gasteiger partial charge in [-0.3, -0.25) is 0 Å². The number of carbonyl (C=O) groups excluding carboxylic acids is 1. The van der Waals surface area contributed by atoms with Crippen molar-refractivity contribution in [1.82, 2.24) is 4.90 Å². The molecule has 1 aliphatic heterocycles. The van der Waals surface area contributed by atoms with Gasteiger partial charge in [0.05, 0.1) is 5.57 Å². The predicted octanol–water partition coefficient (Wildman–Crippen LogP) is 1.17. The summed E-state index contributed by atoms with van der Waals surface area (Å²) in [6.07, 6.45) is 0.163. The second kappa shape index (κ2) is 4.43. The number of carbonyl (C=O) groups is 2. The summed E-state index contributed by atoms with van der Waals surface area (Å²) in [7, 11) is 0. The average molecular weight is 268 g/mol. The molecular weight excluding hydrogens is 248 g/mol. The SMILES string of the molecule is CC(C)(C)OC(=O)N1CC2CC(N)=C(C(=O)O)C2C1. The smallest absolute Gasteiger partial charge is 0.410 e. The molecular formula is C13H20N2O4. The van der Waals surface area contributed by atoms with Gasteiger partial charge in [0.25, 0.3) is 0 Å². The van der Waals surface area contributed by atoms with Crippen LogP contribution in [-0.2, 0) is 9.53 Å². The van der Waals surface area contributed by atoms with Crippen LogP contribution in [0.2, 0.25) is 0 Å². The summed E-state index contributed by atoms with van der Waals surface area (Å²) in [6.45, 7) is 6.31. The molecule has 6 heteroatoms. The number of carboxylic acids is 1. The molecule has 0 aromatic carbocycles. The lowest BCUT2D eigenvalue weighted by molar-refractivity contribution is -0.133. The van der Waals surface area contributed by atoms with Crippen LogP contribution in [-0.4, -0.2) is 40.8 Å². The van der Waals surface area contributed by atoms with Crippen molar-refractivity contribution in [2.75, 3.05) is 13.1 Å². The van der Waals surface area contributed by atoms with E-state index in [2.05, 4.69) is 0 Å². The number of likely N-dealkylation sites (tertiary alicyclic amines) is 1. The molecule has 1 amide bonds. The predicted molar refractivity (Wildman–Crippen MR) is 68.3 cm³/mol. The molecule has 6 nitrogen and oxygen atoms in total. The minimum absolute atomic E-state index is 0.110. The highest BCUT2D eigenvalue weighted by atomic mass is 16.6. The van der Waals surface area contributed by atoms with Gasteiger partial charge in [0.2, 0.25) is 0 Å². The van der Waals surface area contributed by atoms with Crippen molar-refractivity contribution in [3.63, 3.8) is 0 Å². The first kappa shape index (κ1) is 13.7. The highest BCUT2D eigenvalue weighted by molar-refractivity contribution is 5.89. The summed E-state index contributed by atoms with van der Waals surface area (Å²) in [5, 5.41) is 9.17. The van der Waals surface area contributed by atoms with Crippen molar-refractivity contribution < 1.29 is 19.4 Å². The lowest BCUT2D eigenvalue weighted by Crippen LogP contribution is -2.36. The van der Waals surface area contributed by atoms with Gasteiger partial charge in [-0.25, -0.2) is 9.59 Å². The third-order valence-corrected chi connectivity index (χ3v) is 3.52. The van der Waals surface area contributed by atoms with E-state index in [1.807, 2.05) is 20.8 Å². The van der Waals surface area contributed by atoms with Crippen molar-refractivity contribution in [3.8, 4) is 0 Å². The summed E-state index contributed by atoms with van der Waals surface area (Å²) >= 11 is 0. The van der Waals surface area contributed by atoms with Crippen molar-refractivity contribution in [2.24, 2.45) is 17.6 Å². The maximum absolute atomic E-state index is 12.0. The van der Waals surface area contributed by atoms with Crippen LogP contribution in [0.4, 0.5) is 4.79 Å². The first-order valence-corrected chi connectivity index (χ1v) is 6.39. The molecule has 0 aromatic rings. The van der Waals surface area contributed by atoms with Crippen molar-refractivity contribution in [2.45, 2.75) is 32.8 Å². The molecule has 1 heterocycles. The Morgan fingerprint density at radius 2 is 2.00 bits per heavy atom. The molecule has 2 aliphatic rings. The molecule has 19 heavy (non-hydrogen) atoms. The van der Waals surface area contributed by atoms with E-state index in [9.17, 15) is 9.59 Å². The largest absolute Gasteiger partial charge is 0.478 e. The van der Waals surface area contributed by atoms with Crippen LogP contribution in [0.5, 0.6) is 0 Å². The Labute approximate surface area is 112 Å². The standard InChI is InChI=1S/C13H20N2O4/c1-13(2,3)19-12(18)15-5-7-4-9(14)10(11(16)17)8(7)6-15/h7-8H,4-6,14H2,1-3H3,(H,16,17). The van der Waals surface area contributed by atoms with Gasteiger partial charge < -0.3 is 20.5 Å². The third kappa shape index (κ3) is 2.67. The normalized spacial score (nSPS) is 26.6. The summed E-state index contributed by atoms with van der Waals surface area (Å²) in [5.74, 6) is -1.03. The van der Waals surface area contributed by atoms with E-state index in [0.29, 0.717) is 25.2 Å². The van der Waals surface area contributed by atoms with Gasteiger partial charge in [0.15, 0.2) is 0 Å². The molecule has 0 saturated carbocycles. The summed E-state index contributed by atoms with van der Waals surface area (Å²) in [4.78, 5) is 24.7. The summed E-state index contributed by atoms with van der Waals surface area (Å²) in [6, 6.07) is 0. The van der Waals surface area contributed by atoms with Gasteiger partial charge in [-0.05, 0) is 33.1 Å². The highest BCUT2D eigenvalue weighted by Gasteiger charge is 2.45. The zero-order valence-corrected chi connectivity index (χ0v) is 11.5. The maximum atomic E-state index is 12.0. The van der Waals surface area contributed by atoms with Crippen molar-refractivity contribution in [1.29, 1.82) is 0 Å². The topological polar surface area (TPSA) is 92.9 Å². The van der Waals surface area contributed by atoms with E-state index in [-0.39, 0.29) is 23.5 Å². The first-order valence-electron chi connectivity index (χ1n) is 6.39. The van der Waals surface area contributed by atoms with Crippen LogP contribution < -0.4 is 5.73 Å². The first-order chi connectivity index (χ1) is 8.69. The monoisotopic (exact) mass is 268 g/mol. The van der Waals surface area contributed by atoms with Crippen LogP contribution in [0.25, 0.3) is 0 Å². The second-order valence-electron chi connectivity index (χ2n) is 6.20. The molecule has 3 N–H and O–H groups in total. The Morgan fingerprint density at radius 1 is 1.37 bits per heavy atom. The van der Waals surface area contributed by atoms with Crippen LogP contribution in [0.1, 0.15) is 27.2 Å². The third-order valence-electron chi connectivity index (χ3n) is 3.52. The number of rotatable bonds is 1. The number of hydrogen-bond donors (Lipinski definition) is 2. The van der Waals surface area contributed by atoms with Crippen LogP contribution in [0, 0.1) is 11.8 Å². The number of hydrogen-bond acceptors (Lipinski definition) is 4. The Morgan fingerprint density at radius 3 is 2.53 bits per heavy atom. The molecule has 1 fully saturated rings. The minimum Gasteiger partial charge on any atom is -0.478 e. The Balaban J connectivity index is 2.06. The number of nitrogens with zero attached hydrogens (tertiary/aromatic N) is 1. The van der Waals surface area contributed by atoms with Gasteiger partial charge in [-0.2, -0.15) is 0 Å². The van der Waals surface area contributed by atoms with Crippen molar-refractivity contribution in [3.05, 3.63) is 11.3 Å². The van der Waals surface area contributed by atoms with Gasteiger partial charge in [-0.15, -0.1) is 0 Å². The lowest BCUT2D eigenvalue weighted by atomic mass is 9.95. The van der Waals surface area contributed by atoms with E-state index in [1.165, 1.54) is 0 Å². The lowest BCUT2D eigenvalue weighted by Gasteiger charge is -2.24. The molecule has 1 aliphatic carbocycles. The van der Waals surface area contributed by atoms with Crippen molar-refractivity contribution >= 4 is 12.1 Å². The van der Waals surface area contributed by atoms with Gasteiger partial charge in [-0.1, -0.05) is 0 Å². The molecule has 2 rings (SSSR count). The fraction of sp³-hybridized carbons (Fsp3) is 0.692. The van der Waals surface area contributed by atoms with Crippen LogP contribution >= 0.6 is 0 Å². The molecule has 0 radical (unpaired) electrons. The minimum atomic E-state index is -0.976. The number of aliphatic carboxylic acids is 1. The van der Waals surface area contributed by atoms with Crippen LogP contribution in [0.3, 0.4) is 0 Å². The van der Waals surface area contributed by atoms with Crippen LogP contribution in [0.15, 0.2) is 11.3 Å². The fourth-order valence-electron chi connectivity index (χ4n) is 2.81. The van der Waals surface area contributed by atoms with E-state index >= 15 is 0 Å². The molecule has 0 bridgehead atoms. The summed E-state index contributed by atoms with van der Waals surface area (Å²) < 4.78 is 5.30. The number of nitrogens with two attached hydrogens (primary N) is 1. The molecule has 1 saturated heterocycles. The zero-order chi connectivity index (χ0) is 14.4. The molecule has 0 aromatic heterocycles. The van der Waals surface area contributed by atoms with E-state index < -0.39 is 11.6 Å². The maximum Gasteiger partial charge on any atom is 0.410 e. The molecule has 0 spiro atoms. The number of ether oxygens (including phenoxy) is 1. The van der Waals surface area contributed by atoms with Gasteiger partial charge in [0.1, 0.15) is 5.60 Å². The molecule has 2 atom stereocenters. The Bertz CT molecular complexity index is 450. The quantitative estimate of drug-likeness (QED) is 0.744. The highest BCUT2D eigenvalue weighted by Crippen LogP contribution is 2.40. The Kier molecular flexibility index (Phi) is 3.20. The second-order valence-corrected chi connectivity index (χ2v) is 6.20. The number of carboxylic acid groups (broad SMARTS) is 1. The van der Waals surface area contributed by atoms with Gasteiger partial charge in [0, 0.05) is 24.7 Å². The number of amides is 1. The number of fused-ring (bicyclic) bond motifs is 1. The average Bonchev–Trinajstić information content (AvgIpc) is 2.69. The van der Waals surface area contributed by atoms with Gasteiger partial charge >= 0.3 is 12.1 Å². The Hall–Kier alpha value is -1.72.